The number of ketones is 1. The Hall–Kier alpha value is -0.200. The zero-order valence-corrected chi connectivity index (χ0v) is 13.7. The third kappa shape index (κ3) is 2.98. The second-order valence-electron chi connectivity index (χ2n) is 4.88. The van der Waals surface area contributed by atoms with Crippen molar-refractivity contribution in [1.82, 2.24) is 0 Å². The van der Waals surface area contributed by atoms with Gasteiger partial charge in [-0.3, -0.25) is 4.79 Å². The Bertz CT molecular complexity index is 546. The van der Waals surface area contributed by atoms with E-state index < -0.39 is 0 Å². The molecule has 2 aromatic heterocycles. The van der Waals surface area contributed by atoms with Crippen LogP contribution in [0.2, 0.25) is 0 Å². The van der Waals surface area contributed by atoms with Crippen LogP contribution in [0.4, 0.5) is 0 Å². The summed E-state index contributed by atoms with van der Waals surface area (Å²) in [5.74, 6) is 0.143. The van der Waals surface area contributed by atoms with E-state index in [0.717, 1.165) is 13.3 Å². The fraction of sp³-hybridized carbons (Fsp3) is 0.308. The predicted octanol–water partition coefficient (Wildman–Crippen LogP) is 4.94. The second kappa shape index (κ2) is 4.82. The molecule has 0 aromatic carbocycles. The molecular weight excluding hydrogens is 363 g/mol. The van der Waals surface area contributed by atoms with Crippen LogP contribution in [0.5, 0.6) is 0 Å². The number of carbonyl (C=O) groups is 1. The van der Waals surface area contributed by atoms with Crippen molar-refractivity contribution in [1.29, 1.82) is 0 Å². The van der Waals surface area contributed by atoms with Crippen molar-refractivity contribution in [2.24, 2.45) is 0 Å². The highest BCUT2D eigenvalue weighted by molar-refractivity contribution is 14.1. The number of hydrogen-bond acceptors (Lipinski definition) is 3. The van der Waals surface area contributed by atoms with E-state index in [9.17, 15) is 4.79 Å². The van der Waals surface area contributed by atoms with Gasteiger partial charge in [0.1, 0.15) is 0 Å². The Morgan fingerprint density at radius 2 is 2.00 bits per heavy atom. The van der Waals surface area contributed by atoms with Gasteiger partial charge in [0, 0.05) is 15.8 Å². The predicted molar refractivity (Wildman–Crippen MR) is 83.5 cm³/mol. The van der Waals surface area contributed by atoms with Crippen LogP contribution in [0.3, 0.4) is 0 Å². The van der Waals surface area contributed by atoms with Gasteiger partial charge in [-0.05, 0) is 46.2 Å². The summed E-state index contributed by atoms with van der Waals surface area (Å²) in [4.78, 5) is 14.3. The minimum atomic E-state index is 0.117. The number of halogens is 1. The average Bonchev–Trinajstić information content (AvgIpc) is 2.83. The van der Waals surface area contributed by atoms with Gasteiger partial charge in [0.25, 0.3) is 0 Å². The van der Waals surface area contributed by atoms with Gasteiger partial charge < -0.3 is 0 Å². The fourth-order valence-electron chi connectivity index (χ4n) is 1.43. The van der Waals surface area contributed by atoms with Crippen molar-refractivity contribution in [3.63, 3.8) is 0 Å². The molecule has 0 radical (unpaired) electrons. The summed E-state index contributed by atoms with van der Waals surface area (Å²) < 4.78 is 1.15. The standard InChI is InChI=1S/C13H13IOS2/c1-13(2,3)10-5-4-9(17-10)12(15)8-6-11(14)16-7-8/h4-7H,1-3H3. The maximum atomic E-state index is 12.2. The van der Waals surface area contributed by atoms with Crippen LogP contribution >= 0.6 is 45.3 Å². The molecule has 0 aliphatic rings. The summed E-state index contributed by atoms with van der Waals surface area (Å²) in [6.07, 6.45) is 0. The number of carbonyl (C=O) groups excluding carboxylic acids is 1. The molecule has 0 saturated heterocycles. The van der Waals surface area contributed by atoms with Gasteiger partial charge in [-0.1, -0.05) is 20.8 Å². The molecule has 0 saturated carbocycles. The molecule has 0 bridgehead atoms. The molecule has 0 unspecified atom stereocenters. The lowest BCUT2D eigenvalue weighted by Crippen LogP contribution is -2.07. The topological polar surface area (TPSA) is 17.1 Å². The van der Waals surface area contributed by atoms with E-state index in [2.05, 4.69) is 49.4 Å². The minimum absolute atomic E-state index is 0.117. The molecule has 2 heterocycles. The maximum absolute atomic E-state index is 12.2. The first-order chi connectivity index (χ1) is 7.88. The number of hydrogen-bond donors (Lipinski definition) is 0. The summed E-state index contributed by atoms with van der Waals surface area (Å²) in [7, 11) is 0. The molecule has 1 nitrogen and oxygen atoms in total. The van der Waals surface area contributed by atoms with E-state index in [1.165, 1.54) is 4.88 Å². The van der Waals surface area contributed by atoms with Crippen LogP contribution in [0.15, 0.2) is 23.6 Å². The normalized spacial score (nSPS) is 11.8. The summed E-state index contributed by atoms with van der Waals surface area (Å²) in [5, 5.41) is 1.93. The lowest BCUT2D eigenvalue weighted by molar-refractivity contribution is 0.104. The Morgan fingerprint density at radius 1 is 1.29 bits per heavy atom. The molecule has 0 aliphatic heterocycles. The van der Waals surface area contributed by atoms with E-state index in [-0.39, 0.29) is 11.2 Å². The minimum Gasteiger partial charge on any atom is -0.288 e. The van der Waals surface area contributed by atoms with Crippen molar-refractivity contribution in [2.45, 2.75) is 26.2 Å². The molecule has 0 N–H and O–H groups in total. The molecule has 0 fully saturated rings. The van der Waals surface area contributed by atoms with Crippen LogP contribution in [0.1, 0.15) is 40.9 Å². The molecule has 2 aromatic rings. The number of rotatable bonds is 2. The lowest BCUT2D eigenvalue weighted by atomic mass is 9.95. The zero-order valence-electron chi connectivity index (χ0n) is 9.91. The SMILES string of the molecule is CC(C)(C)c1ccc(C(=O)c2csc(I)c2)s1. The van der Waals surface area contributed by atoms with E-state index in [4.69, 9.17) is 0 Å². The highest BCUT2D eigenvalue weighted by Gasteiger charge is 2.19. The van der Waals surface area contributed by atoms with Crippen LogP contribution in [-0.4, -0.2) is 5.78 Å². The summed E-state index contributed by atoms with van der Waals surface area (Å²) in [6, 6.07) is 5.96. The highest BCUT2D eigenvalue weighted by atomic mass is 127. The second-order valence-corrected chi connectivity index (χ2v) is 8.77. The van der Waals surface area contributed by atoms with E-state index >= 15 is 0 Å². The summed E-state index contributed by atoms with van der Waals surface area (Å²) in [6.45, 7) is 6.50. The van der Waals surface area contributed by atoms with Gasteiger partial charge >= 0.3 is 0 Å². The van der Waals surface area contributed by atoms with Gasteiger partial charge in [0.15, 0.2) is 0 Å². The van der Waals surface area contributed by atoms with Gasteiger partial charge in [-0.15, -0.1) is 22.7 Å². The average molecular weight is 376 g/mol. The van der Waals surface area contributed by atoms with E-state index in [1.54, 1.807) is 22.7 Å². The fourth-order valence-corrected chi connectivity index (χ4v) is 3.79. The van der Waals surface area contributed by atoms with Gasteiger partial charge in [-0.2, -0.15) is 0 Å². The monoisotopic (exact) mass is 376 g/mol. The first kappa shape index (κ1) is 13.2. The summed E-state index contributed by atoms with van der Waals surface area (Å²) >= 11 is 5.46. The molecule has 0 spiro atoms. The third-order valence-corrected chi connectivity index (χ3v) is 5.70. The van der Waals surface area contributed by atoms with Crippen LogP contribution in [-0.2, 0) is 5.41 Å². The first-order valence-electron chi connectivity index (χ1n) is 5.27. The molecule has 17 heavy (non-hydrogen) atoms. The Morgan fingerprint density at radius 3 is 2.47 bits per heavy atom. The van der Waals surface area contributed by atoms with Gasteiger partial charge in [-0.25, -0.2) is 0 Å². The molecule has 90 valence electrons. The molecule has 0 aliphatic carbocycles. The van der Waals surface area contributed by atoms with Crippen LogP contribution < -0.4 is 0 Å². The summed E-state index contributed by atoms with van der Waals surface area (Å²) in [5.41, 5.74) is 0.924. The van der Waals surface area contributed by atoms with Crippen molar-refractivity contribution >= 4 is 51.0 Å². The Labute approximate surface area is 123 Å². The molecule has 2 rings (SSSR count). The molecule has 0 atom stereocenters. The molecule has 4 heteroatoms. The van der Waals surface area contributed by atoms with Gasteiger partial charge in [0.05, 0.1) is 7.76 Å². The van der Waals surface area contributed by atoms with Crippen molar-refractivity contribution in [3.05, 3.63) is 41.8 Å². The van der Waals surface area contributed by atoms with E-state index in [0.29, 0.717) is 0 Å². The number of thiophene rings is 2. The lowest BCUT2D eigenvalue weighted by Gasteiger charge is -2.15. The Balaban J connectivity index is 2.30. The molecular formula is C13H13IOS2. The van der Waals surface area contributed by atoms with E-state index in [1.807, 2.05) is 17.5 Å². The zero-order chi connectivity index (χ0) is 12.6. The first-order valence-corrected chi connectivity index (χ1v) is 8.04. The largest absolute Gasteiger partial charge is 0.288 e. The highest BCUT2D eigenvalue weighted by Crippen LogP contribution is 2.31. The smallest absolute Gasteiger partial charge is 0.203 e. The van der Waals surface area contributed by atoms with Gasteiger partial charge in [0.2, 0.25) is 5.78 Å². The van der Waals surface area contributed by atoms with Crippen LogP contribution in [0, 0.1) is 2.88 Å². The van der Waals surface area contributed by atoms with Crippen LogP contribution in [0.25, 0.3) is 0 Å². The van der Waals surface area contributed by atoms with Crippen molar-refractivity contribution in [3.8, 4) is 0 Å². The van der Waals surface area contributed by atoms with Crippen molar-refractivity contribution < 1.29 is 4.79 Å². The maximum Gasteiger partial charge on any atom is 0.203 e. The van der Waals surface area contributed by atoms with Crippen molar-refractivity contribution in [2.75, 3.05) is 0 Å². The molecule has 0 amide bonds. The third-order valence-electron chi connectivity index (χ3n) is 2.40. The Kier molecular flexibility index (Phi) is 3.75. The quantitative estimate of drug-likeness (QED) is 0.536.